The second-order valence-corrected chi connectivity index (χ2v) is 6.12. The molecule has 0 N–H and O–H groups in total. The van der Waals surface area contributed by atoms with E-state index in [9.17, 15) is 18.4 Å². The number of rotatable bonds is 4. The fraction of sp³-hybridized carbons (Fsp3) is 0.333. The molecule has 0 aliphatic carbocycles. The first-order chi connectivity index (χ1) is 13.0. The monoisotopic (exact) mass is 375 g/mol. The molecule has 2 amide bonds. The molecule has 2 heterocycles. The van der Waals surface area contributed by atoms with Crippen molar-refractivity contribution in [3.05, 3.63) is 48.3 Å². The van der Waals surface area contributed by atoms with Gasteiger partial charge in [0.25, 0.3) is 0 Å². The molecule has 0 radical (unpaired) electrons. The molecule has 1 aromatic heterocycles. The van der Waals surface area contributed by atoms with Gasteiger partial charge in [0.2, 0.25) is 17.8 Å². The van der Waals surface area contributed by atoms with Crippen LogP contribution in [0.5, 0.6) is 0 Å². The molecule has 2 aromatic rings. The van der Waals surface area contributed by atoms with E-state index in [2.05, 4.69) is 9.97 Å². The van der Waals surface area contributed by atoms with Gasteiger partial charge < -0.3 is 14.7 Å². The molecule has 3 rings (SSSR count). The van der Waals surface area contributed by atoms with Crippen LogP contribution in [-0.2, 0) is 9.59 Å². The van der Waals surface area contributed by atoms with Crippen molar-refractivity contribution in [1.82, 2.24) is 14.9 Å². The third-order valence-corrected chi connectivity index (χ3v) is 4.36. The van der Waals surface area contributed by atoms with Crippen LogP contribution in [0.25, 0.3) is 0 Å². The first-order valence-electron chi connectivity index (χ1n) is 8.48. The number of benzene rings is 1. The summed E-state index contributed by atoms with van der Waals surface area (Å²) in [5.74, 6) is -2.15. The molecule has 1 saturated heterocycles. The van der Waals surface area contributed by atoms with Gasteiger partial charge in [0, 0.05) is 57.3 Å². The lowest BCUT2D eigenvalue weighted by Gasteiger charge is -2.35. The molecule has 27 heavy (non-hydrogen) atoms. The molecule has 1 aromatic carbocycles. The molecule has 1 fully saturated rings. The van der Waals surface area contributed by atoms with Crippen molar-refractivity contribution in [1.29, 1.82) is 0 Å². The van der Waals surface area contributed by atoms with Crippen molar-refractivity contribution in [2.24, 2.45) is 0 Å². The lowest BCUT2D eigenvalue weighted by molar-refractivity contribution is -0.131. The predicted molar refractivity (Wildman–Crippen MR) is 95.2 cm³/mol. The molecule has 1 aliphatic heterocycles. The van der Waals surface area contributed by atoms with Crippen LogP contribution in [0.15, 0.2) is 36.7 Å². The first-order valence-corrected chi connectivity index (χ1v) is 8.48. The number of carbonyl (C=O) groups excluding carboxylic acids is 2. The van der Waals surface area contributed by atoms with E-state index in [0.29, 0.717) is 32.1 Å². The van der Waals surface area contributed by atoms with E-state index < -0.39 is 17.5 Å². The van der Waals surface area contributed by atoms with E-state index in [4.69, 9.17) is 0 Å². The van der Waals surface area contributed by atoms with Crippen LogP contribution in [0, 0.1) is 11.6 Å². The summed E-state index contributed by atoms with van der Waals surface area (Å²) in [6.07, 6.45) is 3.32. The van der Waals surface area contributed by atoms with Crippen LogP contribution < -0.4 is 9.80 Å². The van der Waals surface area contributed by atoms with Crippen molar-refractivity contribution >= 4 is 23.5 Å². The number of nitrogens with zero attached hydrogens (tertiary/aromatic N) is 5. The minimum atomic E-state index is -1.07. The smallest absolute Gasteiger partial charge is 0.242 e. The Morgan fingerprint density at radius 1 is 1.07 bits per heavy atom. The maximum absolute atomic E-state index is 13.5. The van der Waals surface area contributed by atoms with Gasteiger partial charge in [-0.1, -0.05) is 0 Å². The molecular formula is C18H19F2N5O2. The van der Waals surface area contributed by atoms with Crippen LogP contribution in [-0.4, -0.2) is 59.4 Å². The Morgan fingerprint density at radius 3 is 2.33 bits per heavy atom. The van der Waals surface area contributed by atoms with Gasteiger partial charge in [0.1, 0.15) is 6.54 Å². The van der Waals surface area contributed by atoms with E-state index in [0.717, 1.165) is 17.0 Å². The Kier molecular flexibility index (Phi) is 5.58. The van der Waals surface area contributed by atoms with Crippen molar-refractivity contribution in [3.63, 3.8) is 0 Å². The van der Waals surface area contributed by atoms with Gasteiger partial charge in [0.15, 0.2) is 11.6 Å². The van der Waals surface area contributed by atoms with Crippen LogP contribution in [0.1, 0.15) is 6.92 Å². The van der Waals surface area contributed by atoms with Gasteiger partial charge in [-0.3, -0.25) is 9.59 Å². The van der Waals surface area contributed by atoms with E-state index in [-0.39, 0.29) is 18.1 Å². The molecule has 0 spiro atoms. The average Bonchev–Trinajstić information content (AvgIpc) is 2.69. The molecule has 0 unspecified atom stereocenters. The molecule has 0 atom stereocenters. The van der Waals surface area contributed by atoms with Gasteiger partial charge >= 0.3 is 0 Å². The minimum absolute atomic E-state index is 0.145. The molecule has 7 nitrogen and oxygen atoms in total. The standard InChI is InChI=1S/C18H19F2N5O2/c1-13(26)25(14-3-4-15(19)16(20)11-14)12-17(27)23-7-9-24(10-8-23)18-21-5-2-6-22-18/h2-6,11H,7-10,12H2,1H3. The Morgan fingerprint density at radius 2 is 1.74 bits per heavy atom. The van der Waals surface area contributed by atoms with Crippen LogP contribution in [0.3, 0.4) is 0 Å². The third kappa shape index (κ3) is 4.36. The van der Waals surface area contributed by atoms with E-state index in [1.54, 1.807) is 23.4 Å². The summed E-state index contributed by atoms with van der Waals surface area (Å²) in [4.78, 5) is 37.6. The van der Waals surface area contributed by atoms with Crippen molar-refractivity contribution in [2.75, 3.05) is 42.5 Å². The van der Waals surface area contributed by atoms with Crippen LogP contribution in [0.4, 0.5) is 20.4 Å². The molecule has 9 heteroatoms. The number of anilines is 2. The maximum atomic E-state index is 13.5. The molecule has 0 saturated carbocycles. The van der Waals surface area contributed by atoms with E-state index in [1.165, 1.54) is 13.0 Å². The maximum Gasteiger partial charge on any atom is 0.242 e. The number of piperazine rings is 1. The summed E-state index contributed by atoms with van der Waals surface area (Å²) in [5.41, 5.74) is 0.145. The summed E-state index contributed by atoms with van der Waals surface area (Å²) >= 11 is 0. The summed E-state index contributed by atoms with van der Waals surface area (Å²) in [6.45, 7) is 3.10. The van der Waals surface area contributed by atoms with Gasteiger partial charge in [-0.05, 0) is 18.2 Å². The highest BCUT2D eigenvalue weighted by Gasteiger charge is 2.25. The predicted octanol–water partition coefficient (Wildman–Crippen LogP) is 1.46. The van der Waals surface area contributed by atoms with Gasteiger partial charge in [-0.2, -0.15) is 0 Å². The van der Waals surface area contributed by atoms with Gasteiger partial charge in [-0.15, -0.1) is 0 Å². The lowest BCUT2D eigenvalue weighted by Crippen LogP contribution is -2.52. The number of hydrogen-bond donors (Lipinski definition) is 0. The zero-order chi connectivity index (χ0) is 19.4. The number of halogens is 2. The molecule has 1 aliphatic rings. The largest absolute Gasteiger partial charge is 0.338 e. The minimum Gasteiger partial charge on any atom is -0.338 e. The normalized spacial score (nSPS) is 14.2. The van der Waals surface area contributed by atoms with Crippen molar-refractivity contribution < 1.29 is 18.4 Å². The van der Waals surface area contributed by atoms with Gasteiger partial charge in [0.05, 0.1) is 0 Å². The molecule has 0 bridgehead atoms. The molecular weight excluding hydrogens is 356 g/mol. The Hall–Kier alpha value is -3.10. The second-order valence-electron chi connectivity index (χ2n) is 6.12. The summed E-state index contributed by atoms with van der Waals surface area (Å²) in [6, 6.07) is 4.86. The zero-order valence-electron chi connectivity index (χ0n) is 14.8. The quantitative estimate of drug-likeness (QED) is 0.809. The number of aromatic nitrogens is 2. The fourth-order valence-electron chi connectivity index (χ4n) is 2.88. The Labute approximate surface area is 155 Å². The summed E-state index contributed by atoms with van der Waals surface area (Å²) in [7, 11) is 0. The Bertz CT molecular complexity index is 826. The number of amides is 2. The van der Waals surface area contributed by atoms with Crippen molar-refractivity contribution in [3.8, 4) is 0 Å². The average molecular weight is 375 g/mol. The van der Waals surface area contributed by atoms with E-state index in [1.807, 2.05) is 4.90 Å². The molecule has 142 valence electrons. The van der Waals surface area contributed by atoms with Gasteiger partial charge in [-0.25, -0.2) is 18.7 Å². The Balaban J connectivity index is 1.63. The zero-order valence-corrected chi connectivity index (χ0v) is 14.8. The van der Waals surface area contributed by atoms with Crippen molar-refractivity contribution in [2.45, 2.75) is 6.92 Å². The fourth-order valence-corrected chi connectivity index (χ4v) is 2.88. The highest BCUT2D eigenvalue weighted by atomic mass is 19.2. The summed E-state index contributed by atoms with van der Waals surface area (Å²) in [5, 5.41) is 0. The third-order valence-electron chi connectivity index (χ3n) is 4.36. The lowest BCUT2D eigenvalue weighted by atomic mass is 10.2. The van der Waals surface area contributed by atoms with Crippen LogP contribution in [0.2, 0.25) is 0 Å². The summed E-state index contributed by atoms with van der Waals surface area (Å²) < 4.78 is 26.6. The first kappa shape index (κ1) is 18.7. The second kappa shape index (κ2) is 8.07. The highest BCUT2D eigenvalue weighted by molar-refractivity contribution is 5.97. The topological polar surface area (TPSA) is 69.6 Å². The number of carbonyl (C=O) groups is 2. The number of hydrogen-bond acceptors (Lipinski definition) is 5. The highest BCUT2D eigenvalue weighted by Crippen LogP contribution is 2.19. The van der Waals surface area contributed by atoms with E-state index >= 15 is 0 Å². The SMILES string of the molecule is CC(=O)N(CC(=O)N1CCN(c2ncccn2)CC1)c1ccc(F)c(F)c1. The van der Waals surface area contributed by atoms with Crippen LogP contribution >= 0.6 is 0 Å².